The fraction of sp³-hybridized carbons (Fsp3) is 0.195. The summed E-state index contributed by atoms with van der Waals surface area (Å²) in [5, 5.41) is 0. The third-order valence-corrected chi connectivity index (χ3v) is 9.96. The molecule has 0 amide bonds. The lowest BCUT2D eigenvalue weighted by atomic mass is 9.79. The smallest absolute Gasteiger partial charge is 0.164 e. The lowest BCUT2D eigenvalue weighted by Gasteiger charge is -2.24. The third kappa shape index (κ3) is 3.78. The van der Waals surface area contributed by atoms with E-state index in [0.29, 0.717) is 17.5 Å². The van der Waals surface area contributed by atoms with Gasteiger partial charge in [-0.15, -0.1) is 0 Å². The summed E-state index contributed by atoms with van der Waals surface area (Å²) in [5.74, 6) is 2.06. The molecule has 0 saturated carbocycles. The molecule has 2 aliphatic rings. The van der Waals surface area contributed by atoms with E-state index in [2.05, 4.69) is 108 Å². The van der Waals surface area contributed by atoms with Gasteiger partial charge >= 0.3 is 0 Å². The predicted molar refractivity (Wildman–Crippen MR) is 181 cm³/mol. The van der Waals surface area contributed by atoms with E-state index in [9.17, 15) is 0 Å². The minimum Gasteiger partial charge on any atom is -0.208 e. The maximum absolute atomic E-state index is 5.05. The molecule has 6 aromatic rings. The van der Waals surface area contributed by atoms with Gasteiger partial charge in [0.2, 0.25) is 0 Å². The molecule has 0 unspecified atom stereocenters. The van der Waals surface area contributed by atoms with Gasteiger partial charge < -0.3 is 0 Å². The highest BCUT2D eigenvalue weighted by molar-refractivity contribution is 5.92. The van der Waals surface area contributed by atoms with Crippen molar-refractivity contribution < 1.29 is 0 Å². The summed E-state index contributed by atoms with van der Waals surface area (Å²) in [6, 6.07) is 36.7. The van der Waals surface area contributed by atoms with Crippen LogP contribution in [0.25, 0.3) is 56.4 Å². The van der Waals surface area contributed by atoms with Crippen molar-refractivity contribution in [1.29, 1.82) is 0 Å². The maximum atomic E-state index is 5.05. The summed E-state index contributed by atoms with van der Waals surface area (Å²) in [4.78, 5) is 15.0. The Balaban J connectivity index is 1.32. The first-order valence-corrected chi connectivity index (χ1v) is 15.5. The highest BCUT2D eigenvalue weighted by Gasteiger charge is 2.42. The Bertz CT molecular complexity index is 2060. The number of hydrogen-bond acceptors (Lipinski definition) is 3. The Kier molecular flexibility index (Phi) is 5.65. The van der Waals surface area contributed by atoms with Crippen LogP contribution in [0.1, 0.15) is 61.1 Å². The number of aryl methyl sites for hydroxylation is 2. The summed E-state index contributed by atoms with van der Waals surface area (Å²) < 4.78 is 0. The summed E-state index contributed by atoms with van der Waals surface area (Å²) in [5.41, 5.74) is 16.4. The van der Waals surface area contributed by atoms with Crippen molar-refractivity contribution >= 4 is 0 Å². The Morgan fingerprint density at radius 1 is 0.409 bits per heavy atom. The predicted octanol–water partition coefficient (Wildman–Crippen LogP) is 10.1. The zero-order valence-corrected chi connectivity index (χ0v) is 26.2. The van der Waals surface area contributed by atoms with Gasteiger partial charge in [0.05, 0.1) is 0 Å². The van der Waals surface area contributed by atoms with Gasteiger partial charge in [0.25, 0.3) is 0 Å². The van der Waals surface area contributed by atoms with E-state index < -0.39 is 0 Å². The average molecular weight is 570 g/mol. The van der Waals surface area contributed by atoms with Crippen molar-refractivity contribution in [3.8, 4) is 56.4 Å². The van der Waals surface area contributed by atoms with Crippen LogP contribution in [0.3, 0.4) is 0 Å². The Hall–Kier alpha value is -4.89. The second-order valence-corrected chi connectivity index (χ2v) is 13.4. The van der Waals surface area contributed by atoms with Crippen LogP contribution in [0.5, 0.6) is 0 Å². The molecule has 5 aromatic carbocycles. The van der Waals surface area contributed by atoms with Crippen molar-refractivity contribution in [1.82, 2.24) is 15.0 Å². The average Bonchev–Trinajstić information content (AvgIpc) is 3.40. The number of nitrogens with zero attached hydrogens (tertiary/aromatic N) is 3. The molecule has 0 spiro atoms. The first-order valence-electron chi connectivity index (χ1n) is 15.5. The van der Waals surface area contributed by atoms with Gasteiger partial charge in [0.15, 0.2) is 17.5 Å². The van der Waals surface area contributed by atoms with Crippen LogP contribution in [0, 0.1) is 13.8 Å². The molecule has 0 radical (unpaired) electrons. The van der Waals surface area contributed by atoms with E-state index >= 15 is 0 Å². The molecule has 0 saturated heterocycles. The van der Waals surface area contributed by atoms with Crippen molar-refractivity contribution in [3.63, 3.8) is 0 Å². The Morgan fingerprint density at radius 2 is 0.886 bits per heavy atom. The normalized spacial score (nSPS) is 15.0. The molecule has 0 fully saturated rings. The third-order valence-electron chi connectivity index (χ3n) is 9.96. The molecule has 2 aliphatic carbocycles. The number of benzene rings is 5. The first-order chi connectivity index (χ1) is 21.1. The molecule has 1 aromatic heterocycles. The maximum Gasteiger partial charge on any atom is 0.164 e. The second-order valence-electron chi connectivity index (χ2n) is 13.4. The van der Waals surface area contributed by atoms with Gasteiger partial charge in [0, 0.05) is 27.5 Å². The van der Waals surface area contributed by atoms with Gasteiger partial charge in [0.1, 0.15) is 0 Å². The number of fused-ring (bicyclic) bond motifs is 6. The number of rotatable bonds is 3. The molecule has 0 aliphatic heterocycles. The summed E-state index contributed by atoms with van der Waals surface area (Å²) >= 11 is 0. The topological polar surface area (TPSA) is 38.7 Å². The van der Waals surface area contributed by atoms with Crippen LogP contribution < -0.4 is 0 Å². The van der Waals surface area contributed by atoms with E-state index in [1.165, 1.54) is 55.6 Å². The molecule has 8 rings (SSSR count). The minimum absolute atomic E-state index is 0.0426. The van der Waals surface area contributed by atoms with Gasteiger partial charge in [-0.1, -0.05) is 107 Å². The van der Waals surface area contributed by atoms with Crippen molar-refractivity contribution in [2.75, 3.05) is 0 Å². The lowest BCUT2D eigenvalue weighted by Crippen LogP contribution is -2.17. The summed E-state index contributed by atoms with van der Waals surface area (Å²) in [6.45, 7) is 14.0. The molecule has 0 bridgehead atoms. The summed E-state index contributed by atoms with van der Waals surface area (Å²) in [6.07, 6.45) is 0. The van der Waals surface area contributed by atoms with E-state index in [0.717, 1.165) is 16.7 Å². The Morgan fingerprint density at radius 3 is 1.43 bits per heavy atom. The fourth-order valence-corrected chi connectivity index (χ4v) is 7.59. The standard InChI is InChI=1S/C41H35N3/c1-24-14-13-19-31-35(24)29-22-33-30(23-32(29)40(31,3)4)36-25(2)20-28(21-34(36)41(33,5)6)39-43-37(26-15-9-7-10-16-26)42-38(44-39)27-17-11-8-12-18-27/h7-23H,1-6H3. The summed E-state index contributed by atoms with van der Waals surface area (Å²) in [7, 11) is 0. The molecule has 0 atom stereocenters. The lowest BCUT2D eigenvalue weighted by molar-refractivity contribution is 0.652. The molecule has 44 heavy (non-hydrogen) atoms. The highest BCUT2D eigenvalue weighted by Crippen LogP contribution is 2.57. The first kappa shape index (κ1) is 26.7. The fourth-order valence-electron chi connectivity index (χ4n) is 7.59. The molecule has 0 N–H and O–H groups in total. The molecule has 214 valence electrons. The van der Waals surface area contributed by atoms with Crippen LogP contribution >= 0.6 is 0 Å². The number of hydrogen-bond donors (Lipinski definition) is 0. The van der Waals surface area contributed by atoms with E-state index in [-0.39, 0.29) is 10.8 Å². The quantitative estimate of drug-likeness (QED) is 0.213. The van der Waals surface area contributed by atoms with Crippen LogP contribution in [0.4, 0.5) is 0 Å². The van der Waals surface area contributed by atoms with E-state index in [1.54, 1.807) is 0 Å². The van der Waals surface area contributed by atoms with Gasteiger partial charge in [-0.2, -0.15) is 0 Å². The van der Waals surface area contributed by atoms with Gasteiger partial charge in [-0.3, -0.25) is 0 Å². The zero-order chi connectivity index (χ0) is 30.4. The molecular weight excluding hydrogens is 534 g/mol. The largest absolute Gasteiger partial charge is 0.208 e. The van der Waals surface area contributed by atoms with Crippen molar-refractivity contribution in [2.24, 2.45) is 0 Å². The molecular formula is C41H35N3. The SMILES string of the molecule is Cc1cccc2c1-c1cc3c(cc1C2(C)C)-c1c(C)cc(-c2nc(-c4ccccc4)nc(-c4ccccc4)n2)cc1C3(C)C. The van der Waals surface area contributed by atoms with Crippen LogP contribution in [0.2, 0.25) is 0 Å². The van der Waals surface area contributed by atoms with Crippen LogP contribution in [0.15, 0.2) is 103 Å². The van der Waals surface area contributed by atoms with Crippen LogP contribution in [-0.2, 0) is 10.8 Å². The monoisotopic (exact) mass is 569 g/mol. The highest BCUT2D eigenvalue weighted by atomic mass is 15.0. The molecule has 3 nitrogen and oxygen atoms in total. The number of aromatic nitrogens is 3. The molecule has 3 heteroatoms. The van der Waals surface area contributed by atoms with E-state index in [4.69, 9.17) is 15.0 Å². The van der Waals surface area contributed by atoms with Crippen molar-refractivity contribution in [2.45, 2.75) is 52.4 Å². The van der Waals surface area contributed by atoms with Gasteiger partial charge in [-0.25, -0.2) is 15.0 Å². The minimum atomic E-state index is -0.173. The van der Waals surface area contributed by atoms with Crippen LogP contribution in [-0.4, -0.2) is 15.0 Å². The van der Waals surface area contributed by atoms with Gasteiger partial charge in [-0.05, 0) is 93.7 Å². The van der Waals surface area contributed by atoms with Crippen molar-refractivity contribution in [3.05, 3.63) is 137 Å². The Labute approximate surface area is 259 Å². The zero-order valence-electron chi connectivity index (χ0n) is 26.2. The van der Waals surface area contributed by atoms with E-state index in [1.807, 2.05) is 36.4 Å². The second kappa shape index (κ2) is 9.30. The molecule has 1 heterocycles.